The Labute approximate surface area is 135 Å². The highest BCUT2D eigenvalue weighted by atomic mass is 35.5. The number of nitrogens with one attached hydrogen (secondary N) is 1. The molecule has 1 aromatic heterocycles. The maximum atomic E-state index is 13.8. The fourth-order valence-corrected chi connectivity index (χ4v) is 2.42. The van der Waals surface area contributed by atoms with Gasteiger partial charge >= 0.3 is 0 Å². The molecule has 0 aliphatic carbocycles. The molecule has 2 amide bonds. The van der Waals surface area contributed by atoms with Crippen LogP contribution in [0.2, 0.25) is 5.02 Å². The zero-order valence-corrected chi connectivity index (χ0v) is 13.0. The monoisotopic (exact) mass is 338 g/mol. The van der Waals surface area contributed by atoms with Crippen molar-refractivity contribution < 1.29 is 23.2 Å². The zero-order chi connectivity index (χ0) is 17.3. The first-order valence-electron chi connectivity index (χ1n) is 6.43. The molecule has 0 bridgehead atoms. The Morgan fingerprint density at radius 2 is 1.87 bits per heavy atom. The van der Waals surface area contributed by atoms with Crippen molar-refractivity contribution >= 4 is 35.1 Å². The van der Waals surface area contributed by atoms with Crippen molar-refractivity contribution in [2.24, 2.45) is 5.73 Å². The van der Waals surface area contributed by atoms with Gasteiger partial charge < -0.3 is 10.2 Å². The Hall–Kier alpha value is -2.67. The maximum absolute atomic E-state index is 13.8. The summed E-state index contributed by atoms with van der Waals surface area (Å²) >= 11 is 5.80. The largest absolute Gasteiger partial charge is 0.444 e. The quantitative estimate of drug-likeness (QED) is 0.836. The average molecular weight is 339 g/mol. The molecule has 1 aromatic carbocycles. The molecule has 0 unspecified atom stereocenters. The second kappa shape index (κ2) is 6.21. The van der Waals surface area contributed by atoms with Crippen molar-refractivity contribution in [2.75, 3.05) is 5.32 Å². The number of Topliss-reactive ketones (excluding diaryl/α,β-unsaturated/α-hetero) is 1. The first-order valence-corrected chi connectivity index (χ1v) is 6.81. The van der Waals surface area contributed by atoms with Crippen LogP contribution in [0, 0.1) is 12.7 Å². The van der Waals surface area contributed by atoms with Gasteiger partial charge in [0.05, 0.1) is 16.1 Å². The molecule has 6 nitrogen and oxygen atoms in total. The van der Waals surface area contributed by atoms with Crippen molar-refractivity contribution in [3.05, 3.63) is 51.5 Å². The molecule has 0 fully saturated rings. The number of hydrogen-bond acceptors (Lipinski definition) is 4. The molecule has 23 heavy (non-hydrogen) atoms. The highest BCUT2D eigenvalue weighted by Crippen LogP contribution is 2.28. The third-order valence-corrected chi connectivity index (χ3v) is 3.41. The molecule has 0 spiro atoms. The van der Waals surface area contributed by atoms with E-state index in [1.165, 1.54) is 26.0 Å². The molecule has 0 atom stereocenters. The molecule has 0 radical (unpaired) electrons. The molecule has 8 heteroatoms. The number of carbonyl (C=O) groups excluding carboxylic acids is 3. The van der Waals surface area contributed by atoms with Crippen molar-refractivity contribution in [2.45, 2.75) is 13.8 Å². The fraction of sp³-hybridized carbons (Fsp3) is 0.133. The lowest BCUT2D eigenvalue weighted by Gasteiger charge is -2.06. The van der Waals surface area contributed by atoms with Gasteiger partial charge in [-0.3, -0.25) is 19.7 Å². The number of amides is 2. The van der Waals surface area contributed by atoms with E-state index in [1.54, 1.807) is 0 Å². The average Bonchev–Trinajstić information content (AvgIpc) is 2.75. The van der Waals surface area contributed by atoms with E-state index < -0.39 is 29.0 Å². The molecule has 0 aliphatic rings. The summed E-state index contributed by atoms with van der Waals surface area (Å²) in [5.41, 5.74) is 4.52. The van der Waals surface area contributed by atoms with Crippen LogP contribution in [0.4, 0.5) is 10.3 Å². The molecule has 3 N–H and O–H groups in total. The highest BCUT2D eigenvalue weighted by Gasteiger charge is 2.27. The van der Waals surface area contributed by atoms with Gasteiger partial charge in [-0.15, -0.1) is 0 Å². The lowest BCUT2D eigenvalue weighted by Crippen LogP contribution is -2.20. The normalized spacial score (nSPS) is 10.4. The summed E-state index contributed by atoms with van der Waals surface area (Å²) in [6.07, 6.45) is 0. The van der Waals surface area contributed by atoms with Crippen LogP contribution in [0.1, 0.15) is 43.8 Å². The van der Waals surface area contributed by atoms with Crippen LogP contribution >= 0.6 is 11.6 Å². The summed E-state index contributed by atoms with van der Waals surface area (Å²) in [5.74, 6) is -3.40. The van der Waals surface area contributed by atoms with Gasteiger partial charge in [0.25, 0.3) is 11.8 Å². The van der Waals surface area contributed by atoms with Gasteiger partial charge in [0, 0.05) is 0 Å². The van der Waals surface area contributed by atoms with Crippen LogP contribution < -0.4 is 11.1 Å². The number of furan rings is 1. The SMILES string of the molecule is CC(=O)c1c(C)oc(NC(=O)c2c(F)cccc2Cl)c1C(N)=O. The molecular formula is C15H12ClFN2O4. The lowest BCUT2D eigenvalue weighted by molar-refractivity contribution is 0.0974. The van der Waals surface area contributed by atoms with Crippen LogP contribution in [-0.2, 0) is 0 Å². The molecule has 1 heterocycles. The standard InChI is InChI=1S/C15H12ClFN2O4/c1-6(20)10-7(2)23-15(12(10)13(18)21)19-14(22)11-8(16)4-3-5-9(11)17/h3-5H,1-2H3,(H2,18,21)(H,19,22). The first kappa shape index (κ1) is 16.7. The number of ketones is 1. The van der Waals surface area contributed by atoms with E-state index in [9.17, 15) is 18.8 Å². The number of hydrogen-bond donors (Lipinski definition) is 2. The number of aryl methyl sites for hydroxylation is 1. The number of primary amides is 1. The summed E-state index contributed by atoms with van der Waals surface area (Å²) in [7, 11) is 0. The van der Waals surface area contributed by atoms with Gasteiger partial charge in [0.2, 0.25) is 5.88 Å². The van der Waals surface area contributed by atoms with Gasteiger partial charge in [-0.2, -0.15) is 0 Å². The van der Waals surface area contributed by atoms with Crippen LogP contribution in [-0.4, -0.2) is 17.6 Å². The molecule has 0 saturated heterocycles. The summed E-state index contributed by atoms with van der Waals surface area (Å²) < 4.78 is 19.0. The van der Waals surface area contributed by atoms with Gasteiger partial charge in [0.15, 0.2) is 5.78 Å². The topological polar surface area (TPSA) is 102 Å². The maximum Gasteiger partial charge on any atom is 0.262 e. The van der Waals surface area contributed by atoms with Gasteiger partial charge in [-0.05, 0) is 26.0 Å². The molecular weight excluding hydrogens is 327 g/mol. The smallest absolute Gasteiger partial charge is 0.262 e. The van der Waals surface area contributed by atoms with Crippen molar-refractivity contribution in [1.82, 2.24) is 0 Å². The number of rotatable bonds is 4. The van der Waals surface area contributed by atoms with E-state index in [2.05, 4.69) is 5.32 Å². The second-order valence-electron chi connectivity index (χ2n) is 4.71. The number of nitrogens with two attached hydrogens (primary N) is 1. The summed E-state index contributed by atoms with van der Waals surface area (Å²) in [4.78, 5) is 35.4. The minimum absolute atomic E-state index is 0.0348. The Bertz CT molecular complexity index is 809. The van der Waals surface area contributed by atoms with E-state index in [0.717, 1.165) is 6.07 Å². The number of halogens is 2. The fourth-order valence-electron chi connectivity index (χ4n) is 2.17. The van der Waals surface area contributed by atoms with E-state index in [0.29, 0.717) is 0 Å². The predicted molar refractivity (Wildman–Crippen MR) is 81.3 cm³/mol. The summed E-state index contributed by atoms with van der Waals surface area (Å²) in [6, 6.07) is 3.74. The van der Waals surface area contributed by atoms with E-state index in [1.807, 2.05) is 0 Å². The van der Waals surface area contributed by atoms with E-state index in [-0.39, 0.29) is 27.8 Å². The lowest BCUT2D eigenvalue weighted by atomic mass is 10.1. The van der Waals surface area contributed by atoms with Crippen molar-refractivity contribution in [1.29, 1.82) is 0 Å². The Balaban J connectivity index is 2.49. The third-order valence-electron chi connectivity index (χ3n) is 3.10. The Morgan fingerprint density at radius 3 is 2.39 bits per heavy atom. The molecule has 2 rings (SSSR count). The van der Waals surface area contributed by atoms with Crippen LogP contribution in [0.15, 0.2) is 22.6 Å². The summed E-state index contributed by atoms with van der Waals surface area (Å²) in [5, 5.41) is 2.11. The molecule has 2 aromatic rings. The summed E-state index contributed by atoms with van der Waals surface area (Å²) in [6.45, 7) is 2.67. The van der Waals surface area contributed by atoms with Crippen molar-refractivity contribution in [3.8, 4) is 0 Å². The highest BCUT2D eigenvalue weighted by molar-refractivity contribution is 6.34. The Morgan fingerprint density at radius 1 is 1.22 bits per heavy atom. The second-order valence-corrected chi connectivity index (χ2v) is 5.12. The zero-order valence-electron chi connectivity index (χ0n) is 12.2. The minimum Gasteiger partial charge on any atom is -0.444 e. The van der Waals surface area contributed by atoms with E-state index >= 15 is 0 Å². The first-order chi connectivity index (χ1) is 10.7. The van der Waals surface area contributed by atoms with Crippen LogP contribution in [0.25, 0.3) is 0 Å². The van der Waals surface area contributed by atoms with Gasteiger partial charge in [-0.25, -0.2) is 4.39 Å². The third kappa shape index (κ3) is 3.09. The van der Waals surface area contributed by atoms with Gasteiger partial charge in [0.1, 0.15) is 17.1 Å². The predicted octanol–water partition coefficient (Wildman–Crippen LogP) is 2.93. The molecule has 0 saturated carbocycles. The van der Waals surface area contributed by atoms with Crippen molar-refractivity contribution in [3.63, 3.8) is 0 Å². The number of carbonyl (C=O) groups is 3. The van der Waals surface area contributed by atoms with Crippen LogP contribution in [0.5, 0.6) is 0 Å². The van der Waals surface area contributed by atoms with E-state index in [4.69, 9.17) is 21.8 Å². The molecule has 0 aliphatic heterocycles. The number of benzene rings is 1. The van der Waals surface area contributed by atoms with Gasteiger partial charge in [-0.1, -0.05) is 17.7 Å². The Kier molecular flexibility index (Phi) is 4.51. The molecule has 120 valence electrons. The van der Waals surface area contributed by atoms with Crippen LogP contribution in [0.3, 0.4) is 0 Å². The minimum atomic E-state index is -0.956. The number of anilines is 1.